The van der Waals surface area contributed by atoms with Gasteiger partial charge < -0.3 is 33.3 Å². The van der Waals surface area contributed by atoms with Crippen molar-refractivity contribution in [1.82, 2.24) is 0 Å². The molecular weight excluding hydrogens is 731 g/mol. The van der Waals surface area contributed by atoms with Crippen molar-refractivity contribution in [2.24, 2.45) is 0 Å². The molecule has 0 aliphatic rings. The predicted octanol–water partition coefficient (Wildman–Crippen LogP) is 11.5. The quantitative estimate of drug-likeness (QED) is 0.0196. The van der Waals surface area contributed by atoms with Gasteiger partial charge in [-0.25, -0.2) is 0 Å². The van der Waals surface area contributed by atoms with Crippen LogP contribution in [-0.4, -0.2) is 82.3 Å². The van der Waals surface area contributed by atoms with Crippen molar-refractivity contribution in [2.75, 3.05) is 47.5 Å². The lowest BCUT2D eigenvalue weighted by Crippen LogP contribution is -2.44. The summed E-state index contributed by atoms with van der Waals surface area (Å²) >= 11 is 0. The van der Waals surface area contributed by atoms with Crippen LogP contribution >= 0.6 is 0 Å². The summed E-state index contributed by atoms with van der Waals surface area (Å²) in [5.41, 5.74) is 0. The highest BCUT2D eigenvalue weighted by atomic mass is 16.7. The van der Waals surface area contributed by atoms with Crippen LogP contribution < -0.4 is 5.11 Å². The van der Waals surface area contributed by atoms with E-state index in [-0.39, 0.29) is 32.2 Å². The average Bonchev–Trinajstić information content (AvgIpc) is 3.18. The Balaban J connectivity index is 4.37. The Bertz CT molecular complexity index is 1010. The third kappa shape index (κ3) is 41.9. The molecule has 0 heterocycles. The van der Waals surface area contributed by atoms with Crippen LogP contribution in [0, 0.1) is 0 Å². The molecule has 0 fully saturated rings. The van der Waals surface area contributed by atoms with Crippen LogP contribution in [0.1, 0.15) is 213 Å². The minimum atomic E-state index is -1.62. The van der Waals surface area contributed by atoms with Crippen molar-refractivity contribution >= 4 is 17.9 Å². The maximum atomic E-state index is 12.8. The number of hydrogen-bond acceptors (Lipinski definition) is 8. The highest BCUT2D eigenvalue weighted by Crippen LogP contribution is 2.15. The van der Waals surface area contributed by atoms with Crippen molar-refractivity contribution in [3.8, 4) is 0 Å². The highest BCUT2D eigenvalue weighted by Gasteiger charge is 2.21. The molecular formula is C49H91NO8. The fraction of sp³-hybridized carbons (Fsp3) is 0.857. The second kappa shape index (κ2) is 41.5. The zero-order valence-electron chi connectivity index (χ0n) is 38.4. The van der Waals surface area contributed by atoms with E-state index in [0.717, 1.165) is 51.4 Å². The van der Waals surface area contributed by atoms with E-state index in [0.29, 0.717) is 23.9 Å². The molecule has 0 amide bonds. The summed E-state index contributed by atoms with van der Waals surface area (Å²) in [5, 5.41) is 11.7. The van der Waals surface area contributed by atoms with Gasteiger partial charge in [0.15, 0.2) is 12.4 Å². The number of quaternary nitrogens is 1. The molecule has 0 N–H and O–H groups in total. The Morgan fingerprint density at radius 3 is 1.40 bits per heavy atom. The van der Waals surface area contributed by atoms with Gasteiger partial charge in [-0.15, -0.1) is 0 Å². The van der Waals surface area contributed by atoms with Crippen LogP contribution in [0.3, 0.4) is 0 Å². The largest absolute Gasteiger partial charge is 0.545 e. The first kappa shape index (κ1) is 55.8. The number of aliphatic carboxylic acids is 1. The van der Waals surface area contributed by atoms with Gasteiger partial charge in [-0.1, -0.05) is 179 Å². The predicted molar refractivity (Wildman–Crippen MR) is 237 cm³/mol. The van der Waals surface area contributed by atoms with Gasteiger partial charge in [-0.05, 0) is 44.9 Å². The molecule has 340 valence electrons. The zero-order chi connectivity index (χ0) is 42.8. The molecule has 0 aromatic heterocycles. The van der Waals surface area contributed by atoms with Gasteiger partial charge in [0.25, 0.3) is 0 Å². The smallest absolute Gasteiger partial charge is 0.306 e. The number of nitrogens with zero attached hydrogens (tertiary/aromatic N) is 1. The minimum absolute atomic E-state index is 0.149. The molecule has 0 bridgehead atoms. The number of allylic oxidation sites excluding steroid dienone is 4. The Morgan fingerprint density at radius 1 is 0.517 bits per heavy atom. The molecule has 58 heavy (non-hydrogen) atoms. The number of carbonyl (C=O) groups is 3. The fourth-order valence-corrected chi connectivity index (χ4v) is 6.68. The maximum absolute atomic E-state index is 12.8. The van der Waals surface area contributed by atoms with E-state index in [9.17, 15) is 19.5 Å². The lowest BCUT2D eigenvalue weighted by molar-refractivity contribution is -0.870. The summed E-state index contributed by atoms with van der Waals surface area (Å²) in [4.78, 5) is 37.0. The van der Waals surface area contributed by atoms with E-state index in [1.807, 2.05) is 21.1 Å². The first-order valence-electron chi connectivity index (χ1n) is 24.0. The number of carbonyl (C=O) groups excluding carboxylic acids is 3. The van der Waals surface area contributed by atoms with Gasteiger partial charge in [-0.3, -0.25) is 9.59 Å². The van der Waals surface area contributed by atoms with E-state index < -0.39 is 24.3 Å². The van der Waals surface area contributed by atoms with E-state index in [4.69, 9.17) is 18.9 Å². The summed E-state index contributed by atoms with van der Waals surface area (Å²) in [6.07, 6.45) is 42.0. The number of unbranched alkanes of at least 4 members (excludes halogenated alkanes) is 25. The average molecular weight is 822 g/mol. The van der Waals surface area contributed by atoms with E-state index in [2.05, 4.69) is 38.2 Å². The van der Waals surface area contributed by atoms with Crippen LogP contribution in [-0.2, 0) is 33.3 Å². The summed E-state index contributed by atoms with van der Waals surface area (Å²) < 4.78 is 22.6. The van der Waals surface area contributed by atoms with E-state index in [1.165, 1.54) is 128 Å². The lowest BCUT2D eigenvalue weighted by atomic mass is 10.0. The molecule has 2 unspecified atom stereocenters. The Labute approximate surface area is 357 Å². The van der Waals surface area contributed by atoms with Gasteiger partial charge in [0, 0.05) is 12.8 Å². The normalized spacial score (nSPS) is 13.1. The summed E-state index contributed by atoms with van der Waals surface area (Å²) in [7, 11) is 5.91. The summed E-state index contributed by atoms with van der Waals surface area (Å²) in [6, 6.07) is 0. The molecule has 2 atom stereocenters. The number of rotatable bonds is 44. The number of carboxylic acid groups (broad SMARTS) is 1. The summed E-state index contributed by atoms with van der Waals surface area (Å²) in [5.74, 6) is -2.28. The van der Waals surface area contributed by atoms with E-state index in [1.54, 1.807) is 0 Å². The van der Waals surface area contributed by atoms with Gasteiger partial charge >= 0.3 is 11.9 Å². The van der Waals surface area contributed by atoms with Crippen LogP contribution in [0.2, 0.25) is 0 Å². The number of esters is 2. The second-order valence-corrected chi connectivity index (χ2v) is 17.4. The second-order valence-electron chi connectivity index (χ2n) is 17.4. The Kier molecular flexibility index (Phi) is 39.9. The molecule has 0 radical (unpaired) electrons. The number of ether oxygens (including phenoxy) is 4. The molecule has 9 nitrogen and oxygen atoms in total. The molecule has 0 aliphatic carbocycles. The van der Waals surface area contributed by atoms with Crippen molar-refractivity contribution in [2.45, 2.75) is 225 Å². The van der Waals surface area contributed by atoms with Crippen LogP contribution in [0.15, 0.2) is 24.3 Å². The van der Waals surface area contributed by atoms with Gasteiger partial charge in [-0.2, -0.15) is 0 Å². The van der Waals surface area contributed by atoms with Crippen molar-refractivity contribution < 1.29 is 42.9 Å². The molecule has 0 spiro atoms. The zero-order valence-corrected chi connectivity index (χ0v) is 38.4. The maximum Gasteiger partial charge on any atom is 0.306 e. The van der Waals surface area contributed by atoms with Crippen LogP contribution in [0.5, 0.6) is 0 Å². The van der Waals surface area contributed by atoms with Crippen LogP contribution in [0.4, 0.5) is 0 Å². The standard InChI is InChI=1S/C49H91NO8/c1-6-8-10-12-14-16-18-20-22-23-24-25-26-28-30-32-34-36-38-40-47(52)58-45(44-57-49(48(53)54)55-42-41-50(3,4)5)43-56-46(51)39-37-35-33-31-29-27-21-19-17-15-13-11-9-7-2/h14,16,20,22,45,49H,6-13,15,17-19,21,23-44H2,1-5H3/b16-14-,22-20-. The minimum Gasteiger partial charge on any atom is -0.545 e. The fourth-order valence-electron chi connectivity index (χ4n) is 6.68. The van der Waals surface area contributed by atoms with Gasteiger partial charge in [0.1, 0.15) is 13.2 Å². The molecule has 9 heteroatoms. The number of likely N-dealkylation sites (N-methyl/N-ethyl adjacent to an activating group) is 1. The summed E-state index contributed by atoms with van der Waals surface area (Å²) in [6.45, 7) is 4.73. The third-order valence-electron chi connectivity index (χ3n) is 10.5. The van der Waals surface area contributed by atoms with Crippen LogP contribution in [0.25, 0.3) is 0 Å². The molecule has 0 saturated carbocycles. The topological polar surface area (TPSA) is 111 Å². The first-order chi connectivity index (χ1) is 28.1. The van der Waals surface area contributed by atoms with Crippen molar-refractivity contribution in [3.63, 3.8) is 0 Å². The van der Waals surface area contributed by atoms with Crippen molar-refractivity contribution in [1.29, 1.82) is 0 Å². The van der Waals surface area contributed by atoms with Crippen molar-refractivity contribution in [3.05, 3.63) is 24.3 Å². The first-order valence-corrected chi connectivity index (χ1v) is 24.0. The lowest BCUT2D eigenvalue weighted by Gasteiger charge is -2.26. The molecule has 0 saturated heterocycles. The molecule has 0 aliphatic heterocycles. The monoisotopic (exact) mass is 822 g/mol. The van der Waals surface area contributed by atoms with Gasteiger partial charge in [0.2, 0.25) is 0 Å². The Hall–Kier alpha value is -2.23. The number of hydrogen-bond donors (Lipinski definition) is 0. The van der Waals surface area contributed by atoms with E-state index >= 15 is 0 Å². The molecule has 0 rings (SSSR count). The molecule has 0 aromatic carbocycles. The Morgan fingerprint density at radius 2 is 0.931 bits per heavy atom. The SMILES string of the molecule is CCCCC/C=C\C/C=C\CCCCCCCCCCCC(=O)OC(COC(=O)CCCCCCCCCCCCCCCC)COC(OCC[N+](C)(C)C)C(=O)[O-]. The number of carboxylic acids is 1. The highest BCUT2D eigenvalue weighted by molar-refractivity contribution is 5.70. The molecule has 0 aromatic rings. The third-order valence-corrected chi connectivity index (χ3v) is 10.5. The van der Waals surface area contributed by atoms with Gasteiger partial charge in [0.05, 0.1) is 40.3 Å².